The number of aliphatic hydroxyl groups excluding tert-OH is 1. The number of aliphatic hydroxyl groups is 1. The SMILES string of the molecule is CCc1cc(NC(=O)[C@@H](O)c2cc(F)cc(F)c2)ccc1-c1cnc(N)c(C(=O)NCC(F)(F)F)c1. The standard InChI is InChI=1S/C24H21F5N4O3/c1-2-12-7-17(33-23(36)20(34)13-5-15(25)9-16(26)6-13)3-4-18(12)14-8-19(21(30)31-10-14)22(35)32-11-24(27,28)29/h3-10,20,34H,2,11H2,1H3,(H2,30,31)(H,32,35)(H,33,36)/t20-/m0/s1. The third-order valence-corrected chi connectivity index (χ3v) is 5.13. The molecule has 0 saturated carbocycles. The Morgan fingerprint density at radius 1 is 1.08 bits per heavy atom. The fraction of sp³-hybridized carbons (Fsp3) is 0.208. The Bertz CT molecular complexity index is 1280. The van der Waals surface area contributed by atoms with Crippen molar-refractivity contribution in [2.45, 2.75) is 25.6 Å². The van der Waals surface area contributed by atoms with Gasteiger partial charge >= 0.3 is 6.18 Å². The van der Waals surface area contributed by atoms with Crippen molar-refractivity contribution in [1.82, 2.24) is 10.3 Å². The predicted molar refractivity (Wildman–Crippen MR) is 122 cm³/mol. The number of alkyl halides is 3. The van der Waals surface area contributed by atoms with E-state index in [1.54, 1.807) is 24.4 Å². The summed E-state index contributed by atoms with van der Waals surface area (Å²) in [4.78, 5) is 28.5. The number of benzene rings is 2. The van der Waals surface area contributed by atoms with Gasteiger partial charge in [-0.1, -0.05) is 13.0 Å². The number of hydrogen-bond acceptors (Lipinski definition) is 5. The number of nitrogens with one attached hydrogen (secondary N) is 2. The van der Waals surface area contributed by atoms with Crippen molar-refractivity contribution < 1.29 is 36.6 Å². The largest absolute Gasteiger partial charge is 0.405 e. The van der Waals surface area contributed by atoms with E-state index in [9.17, 15) is 36.6 Å². The van der Waals surface area contributed by atoms with Crippen LogP contribution in [0.3, 0.4) is 0 Å². The molecule has 0 radical (unpaired) electrons. The second-order valence-corrected chi connectivity index (χ2v) is 7.77. The van der Waals surface area contributed by atoms with Gasteiger partial charge in [0.1, 0.15) is 24.0 Å². The van der Waals surface area contributed by atoms with Crippen LogP contribution in [-0.4, -0.2) is 34.6 Å². The Kier molecular flexibility index (Phi) is 7.88. The molecule has 2 aromatic carbocycles. The van der Waals surface area contributed by atoms with Crippen molar-refractivity contribution >= 4 is 23.3 Å². The summed E-state index contributed by atoms with van der Waals surface area (Å²) in [5.41, 5.74) is 7.07. The molecule has 0 spiro atoms. The molecule has 190 valence electrons. The Labute approximate surface area is 202 Å². The number of anilines is 2. The molecule has 12 heteroatoms. The first-order valence-electron chi connectivity index (χ1n) is 10.6. The lowest BCUT2D eigenvalue weighted by Gasteiger charge is -2.15. The fourth-order valence-electron chi connectivity index (χ4n) is 3.42. The Morgan fingerprint density at radius 2 is 1.75 bits per heavy atom. The highest BCUT2D eigenvalue weighted by atomic mass is 19.4. The van der Waals surface area contributed by atoms with Gasteiger partial charge in [-0.15, -0.1) is 0 Å². The first-order valence-corrected chi connectivity index (χ1v) is 10.6. The molecule has 0 aliphatic rings. The van der Waals surface area contributed by atoms with Gasteiger partial charge in [0.25, 0.3) is 11.8 Å². The number of carbonyl (C=O) groups excluding carboxylic acids is 2. The normalized spacial score (nSPS) is 12.2. The molecule has 3 rings (SSSR count). The summed E-state index contributed by atoms with van der Waals surface area (Å²) in [7, 11) is 0. The molecule has 0 aliphatic heterocycles. The molecule has 2 amide bonds. The summed E-state index contributed by atoms with van der Waals surface area (Å²) in [6, 6.07) is 8.22. The van der Waals surface area contributed by atoms with E-state index < -0.39 is 42.3 Å². The van der Waals surface area contributed by atoms with Crippen LogP contribution in [-0.2, 0) is 11.2 Å². The number of hydrogen-bond donors (Lipinski definition) is 4. The minimum absolute atomic E-state index is 0.235. The van der Waals surface area contributed by atoms with Crippen LogP contribution in [0.25, 0.3) is 11.1 Å². The number of pyridine rings is 1. The van der Waals surface area contributed by atoms with Gasteiger partial charge in [0, 0.05) is 23.5 Å². The summed E-state index contributed by atoms with van der Waals surface area (Å²) in [6.07, 6.45) is -4.64. The highest BCUT2D eigenvalue weighted by Crippen LogP contribution is 2.29. The molecule has 3 aromatic rings. The summed E-state index contributed by atoms with van der Waals surface area (Å²) in [5.74, 6) is -4.10. The molecule has 7 nitrogen and oxygen atoms in total. The van der Waals surface area contributed by atoms with Crippen molar-refractivity contribution in [3.05, 3.63) is 77.0 Å². The molecule has 1 aromatic heterocycles. The van der Waals surface area contributed by atoms with Crippen LogP contribution in [0.15, 0.2) is 48.7 Å². The van der Waals surface area contributed by atoms with Crippen LogP contribution in [0.5, 0.6) is 0 Å². The zero-order chi connectivity index (χ0) is 26.6. The van der Waals surface area contributed by atoms with E-state index in [1.807, 2.05) is 0 Å². The van der Waals surface area contributed by atoms with Crippen LogP contribution in [0.2, 0.25) is 0 Å². The van der Waals surface area contributed by atoms with Gasteiger partial charge in [-0.05, 0) is 53.4 Å². The zero-order valence-electron chi connectivity index (χ0n) is 18.8. The molecule has 0 bridgehead atoms. The smallest absolute Gasteiger partial charge is 0.383 e. The third kappa shape index (κ3) is 6.54. The van der Waals surface area contributed by atoms with E-state index in [2.05, 4.69) is 10.3 Å². The number of nitrogens with zero attached hydrogens (tertiary/aromatic N) is 1. The summed E-state index contributed by atoms with van der Waals surface area (Å²) >= 11 is 0. The molecule has 0 fully saturated rings. The average Bonchev–Trinajstić information content (AvgIpc) is 2.81. The zero-order valence-corrected chi connectivity index (χ0v) is 18.8. The Morgan fingerprint density at radius 3 is 2.36 bits per heavy atom. The van der Waals surface area contributed by atoms with Crippen LogP contribution < -0.4 is 16.4 Å². The number of nitrogen functional groups attached to an aromatic ring is 1. The van der Waals surface area contributed by atoms with Gasteiger partial charge in [-0.3, -0.25) is 9.59 Å². The second kappa shape index (κ2) is 10.7. The molecule has 36 heavy (non-hydrogen) atoms. The molecule has 1 atom stereocenters. The third-order valence-electron chi connectivity index (χ3n) is 5.13. The van der Waals surface area contributed by atoms with E-state index in [4.69, 9.17) is 5.73 Å². The summed E-state index contributed by atoms with van der Waals surface area (Å²) in [6.45, 7) is 0.273. The van der Waals surface area contributed by atoms with E-state index in [0.717, 1.165) is 12.1 Å². The molecule has 5 N–H and O–H groups in total. The molecular weight excluding hydrogens is 487 g/mol. The molecule has 1 heterocycles. The first-order chi connectivity index (χ1) is 16.9. The molecular formula is C24H21F5N4O3. The van der Waals surface area contributed by atoms with Gasteiger partial charge < -0.3 is 21.5 Å². The van der Waals surface area contributed by atoms with Crippen molar-refractivity contribution in [2.24, 2.45) is 0 Å². The number of halogens is 5. The lowest BCUT2D eigenvalue weighted by molar-refractivity contribution is -0.124. The van der Waals surface area contributed by atoms with Gasteiger partial charge in [-0.25, -0.2) is 13.8 Å². The number of carbonyl (C=O) groups is 2. The van der Waals surface area contributed by atoms with Crippen LogP contribution in [0, 0.1) is 11.6 Å². The maximum atomic E-state index is 13.4. The van der Waals surface area contributed by atoms with Gasteiger partial charge in [0.05, 0.1) is 5.56 Å². The van der Waals surface area contributed by atoms with Crippen LogP contribution in [0.4, 0.5) is 33.5 Å². The first kappa shape index (κ1) is 26.5. The highest BCUT2D eigenvalue weighted by molar-refractivity contribution is 5.99. The van der Waals surface area contributed by atoms with Gasteiger partial charge in [0.15, 0.2) is 6.10 Å². The predicted octanol–water partition coefficient (Wildman–Crippen LogP) is 4.14. The van der Waals surface area contributed by atoms with E-state index in [-0.39, 0.29) is 22.6 Å². The minimum atomic E-state index is -4.60. The van der Waals surface area contributed by atoms with Gasteiger partial charge in [0.2, 0.25) is 0 Å². The summed E-state index contributed by atoms with van der Waals surface area (Å²) < 4.78 is 64.2. The molecule has 0 saturated heterocycles. The maximum Gasteiger partial charge on any atom is 0.405 e. The topological polar surface area (TPSA) is 117 Å². The van der Waals surface area contributed by atoms with E-state index in [1.165, 1.54) is 18.3 Å². The van der Waals surface area contributed by atoms with Crippen LogP contribution >= 0.6 is 0 Å². The quantitative estimate of drug-likeness (QED) is 0.358. The van der Waals surface area contributed by atoms with Gasteiger partial charge in [-0.2, -0.15) is 13.2 Å². The highest BCUT2D eigenvalue weighted by Gasteiger charge is 2.28. The Balaban J connectivity index is 1.83. The molecule has 0 unspecified atom stereocenters. The van der Waals surface area contributed by atoms with Crippen molar-refractivity contribution in [1.29, 1.82) is 0 Å². The maximum absolute atomic E-state index is 13.4. The number of aryl methyl sites for hydroxylation is 1. The number of amides is 2. The monoisotopic (exact) mass is 508 g/mol. The van der Waals surface area contributed by atoms with E-state index >= 15 is 0 Å². The average molecular weight is 508 g/mol. The van der Waals surface area contributed by atoms with Crippen molar-refractivity contribution in [3.63, 3.8) is 0 Å². The van der Waals surface area contributed by atoms with Crippen LogP contribution in [0.1, 0.15) is 34.5 Å². The van der Waals surface area contributed by atoms with E-state index in [0.29, 0.717) is 29.2 Å². The number of rotatable bonds is 7. The van der Waals surface area contributed by atoms with Crippen molar-refractivity contribution in [3.8, 4) is 11.1 Å². The Hall–Kier alpha value is -4.06. The fourth-order valence-corrected chi connectivity index (χ4v) is 3.42. The molecule has 0 aliphatic carbocycles. The lowest BCUT2D eigenvalue weighted by Crippen LogP contribution is -2.34. The lowest BCUT2D eigenvalue weighted by atomic mass is 9.97. The summed E-state index contributed by atoms with van der Waals surface area (Å²) in [5, 5.41) is 14.4. The number of nitrogens with two attached hydrogens (primary N) is 1. The van der Waals surface area contributed by atoms with Crippen molar-refractivity contribution in [2.75, 3.05) is 17.6 Å². The number of aromatic nitrogens is 1. The minimum Gasteiger partial charge on any atom is -0.383 e. The second-order valence-electron chi connectivity index (χ2n) is 7.77.